The SMILES string of the molecule is O=C(NCCc1cccnc1)c1c[nH]c2ccccc12. The molecule has 0 fully saturated rings. The highest BCUT2D eigenvalue weighted by Gasteiger charge is 2.10. The number of nitrogens with zero attached hydrogens (tertiary/aromatic N) is 1. The normalized spacial score (nSPS) is 10.6. The van der Waals surface area contributed by atoms with Gasteiger partial charge in [-0.25, -0.2) is 0 Å². The lowest BCUT2D eigenvalue weighted by Gasteiger charge is -2.04. The quantitative estimate of drug-likeness (QED) is 0.761. The molecule has 4 nitrogen and oxygen atoms in total. The van der Waals surface area contributed by atoms with E-state index in [4.69, 9.17) is 0 Å². The van der Waals surface area contributed by atoms with Gasteiger partial charge in [0.05, 0.1) is 5.56 Å². The minimum absolute atomic E-state index is 0.0497. The third kappa shape index (κ3) is 2.54. The van der Waals surface area contributed by atoms with Gasteiger partial charge >= 0.3 is 0 Å². The predicted molar refractivity (Wildman–Crippen MR) is 78.6 cm³/mol. The van der Waals surface area contributed by atoms with Gasteiger partial charge in [0.2, 0.25) is 0 Å². The van der Waals surface area contributed by atoms with Crippen LogP contribution in [-0.4, -0.2) is 22.4 Å². The van der Waals surface area contributed by atoms with Crippen LogP contribution in [0.15, 0.2) is 55.0 Å². The van der Waals surface area contributed by atoms with E-state index in [-0.39, 0.29) is 5.91 Å². The zero-order valence-corrected chi connectivity index (χ0v) is 11.0. The van der Waals surface area contributed by atoms with Gasteiger partial charge in [0.25, 0.3) is 5.91 Å². The Bertz CT molecular complexity index is 719. The fourth-order valence-corrected chi connectivity index (χ4v) is 2.22. The topological polar surface area (TPSA) is 57.8 Å². The molecule has 0 radical (unpaired) electrons. The van der Waals surface area contributed by atoms with Gasteiger partial charge in [-0.15, -0.1) is 0 Å². The second-order valence-corrected chi connectivity index (χ2v) is 4.62. The highest BCUT2D eigenvalue weighted by molar-refractivity contribution is 6.06. The Balaban J connectivity index is 1.65. The summed E-state index contributed by atoms with van der Waals surface area (Å²) in [7, 11) is 0. The van der Waals surface area contributed by atoms with Crippen molar-refractivity contribution >= 4 is 16.8 Å². The summed E-state index contributed by atoms with van der Waals surface area (Å²) in [5.74, 6) is -0.0497. The average Bonchev–Trinajstić information content (AvgIpc) is 2.92. The Morgan fingerprint density at radius 1 is 1.20 bits per heavy atom. The number of nitrogens with one attached hydrogen (secondary N) is 2. The van der Waals surface area contributed by atoms with E-state index >= 15 is 0 Å². The lowest BCUT2D eigenvalue weighted by atomic mass is 10.1. The number of hydrogen-bond donors (Lipinski definition) is 2. The Kier molecular flexibility index (Phi) is 3.46. The molecule has 2 N–H and O–H groups in total. The number of para-hydroxylation sites is 1. The fourth-order valence-electron chi connectivity index (χ4n) is 2.22. The van der Waals surface area contributed by atoms with Crippen molar-refractivity contribution in [2.75, 3.05) is 6.54 Å². The Labute approximate surface area is 116 Å². The van der Waals surface area contributed by atoms with E-state index in [0.717, 1.165) is 22.9 Å². The molecular weight excluding hydrogens is 250 g/mol. The molecular formula is C16H15N3O. The zero-order valence-electron chi connectivity index (χ0n) is 11.0. The summed E-state index contributed by atoms with van der Waals surface area (Å²) in [5.41, 5.74) is 2.78. The van der Waals surface area contributed by atoms with Crippen molar-refractivity contribution in [3.05, 3.63) is 66.1 Å². The second-order valence-electron chi connectivity index (χ2n) is 4.62. The molecule has 0 unspecified atom stereocenters. The second kappa shape index (κ2) is 5.57. The number of benzene rings is 1. The van der Waals surface area contributed by atoms with Gasteiger partial charge in [-0.05, 0) is 24.1 Å². The van der Waals surface area contributed by atoms with Crippen LogP contribution in [-0.2, 0) is 6.42 Å². The minimum Gasteiger partial charge on any atom is -0.360 e. The maximum Gasteiger partial charge on any atom is 0.253 e. The van der Waals surface area contributed by atoms with Crippen molar-refractivity contribution < 1.29 is 4.79 Å². The van der Waals surface area contributed by atoms with Crippen molar-refractivity contribution in [3.63, 3.8) is 0 Å². The number of pyridine rings is 1. The van der Waals surface area contributed by atoms with E-state index in [9.17, 15) is 4.79 Å². The Morgan fingerprint density at radius 3 is 2.95 bits per heavy atom. The van der Waals surface area contributed by atoms with E-state index < -0.39 is 0 Å². The summed E-state index contributed by atoms with van der Waals surface area (Å²) in [4.78, 5) is 19.3. The number of H-pyrrole nitrogens is 1. The van der Waals surface area contributed by atoms with E-state index in [1.165, 1.54) is 0 Å². The van der Waals surface area contributed by atoms with Crippen LogP contribution in [0.2, 0.25) is 0 Å². The van der Waals surface area contributed by atoms with Crippen molar-refractivity contribution in [1.82, 2.24) is 15.3 Å². The highest BCUT2D eigenvalue weighted by atomic mass is 16.1. The van der Waals surface area contributed by atoms with Gasteiger partial charge in [0, 0.05) is 36.0 Å². The molecule has 20 heavy (non-hydrogen) atoms. The van der Waals surface area contributed by atoms with Crippen molar-refractivity contribution in [2.24, 2.45) is 0 Å². The van der Waals surface area contributed by atoms with Crippen LogP contribution in [0.25, 0.3) is 10.9 Å². The molecule has 100 valence electrons. The predicted octanol–water partition coefficient (Wildman–Crippen LogP) is 2.54. The minimum atomic E-state index is -0.0497. The molecule has 0 bridgehead atoms. The van der Waals surface area contributed by atoms with Crippen LogP contribution < -0.4 is 5.32 Å². The van der Waals surface area contributed by atoms with Gasteiger partial charge < -0.3 is 10.3 Å². The Morgan fingerprint density at radius 2 is 2.10 bits per heavy atom. The summed E-state index contributed by atoms with van der Waals surface area (Å²) in [6.45, 7) is 0.601. The first-order valence-corrected chi connectivity index (χ1v) is 6.58. The number of rotatable bonds is 4. The van der Waals surface area contributed by atoms with Gasteiger partial charge in [-0.1, -0.05) is 24.3 Å². The first-order chi connectivity index (χ1) is 9.84. The first-order valence-electron chi connectivity index (χ1n) is 6.58. The molecule has 3 rings (SSSR count). The van der Waals surface area contributed by atoms with Gasteiger partial charge in [-0.3, -0.25) is 9.78 Å². The maximum atomic E-state index is 12.2. The molecule has 2 heterocycles. The van der Waals surface area contributed by atoms with Crippen molar-refractivity contribution in [3.8, 4) is 0 Å². The molecule has 0 saturated carbocycles. The molecule has 0 saturated heterocycles. The fraction of sp³-hybridized carbons (Fsp3) is 0.125. The van der Waals surface area contributed by atoms with Crippen LogP contribution in [0.3, 0.4) is 0 Å². The number of carbonyl (C=O) groups excluding carboxylic acids is 1. The molecule has 4 heteroatoms. The third-order valence-electron chi connectivity index (χ3n) is 3.26. The van der Waals surface area contributed by atoms with Gasteiger partial charge in [-0.2, -0.15) is 0 Å². The number of amides is 1. The molecule has 2 aromatic heterocycles. The van der Waals surface area contributed by atoms with Crippen LogP contribution >= 0.6 is 0 Å². The smallest absolute Gasteiger partial charge is 0.253 e. The van der Waals surface area contributed by atoms with Crippen LogP contribution in [0.4, 0.5) is 0 Å². The maximum absolute atomic E-state index is 12.2. The van der Waals surface area contributed by atoms with E-state index in [0.29, 0.717) is 12.1 Å². The van der Waals surface area contributed by atoms with Crippen molar-refractivity contribution in [1.29, 1.82) is 0 Å². The van der Waals surface area contributed by atoms with Crippen LogP contribution in [0.5, 0.6) is 0 Å². The zero-order chi connectivity index (χ0) is 13.8. The number of aromatic nitrogens is 2. The molecule has 0 aliphatic carbocycles. The molecule has 0 aliphatic rings. The summed E-state index contributed by atoms with van der Waals surface area (Å²) in [5, 5.41) is 3.89. The molecule has 1 amide bonds. The largest absolute Gasteiger partial charge is 0.360 e. The molecule has 3 aromatic rings. The molecule has 1 aromatic carbocycles. The lowest BCUT2D eigenvalue weighted by Crippen LogP contribution is -2.25. The summed E-state index contributed by atoms with van der Waals surface area (Å²) >= 11 is 0. The van der Waals surface area contributed by atoms with Gasteiger partial charge in [0.1, 0.15) is 0 Å². The molecule has 0 aliphatic heterocycles. The molecule has 0 atom stereocenters. The number of fused-ring (bicyclic) bond motifs is 1. The molecule has 0 spiro atoms. The summed E-state index contributed by atoms with van der Waals surface area (Å²) in [6, 6.07) is 11.7. The van der Waals surface area contributed by atoms with Crippen molar-refractivity contribution in [2.45, 2.75) is 6.42 Å². The highest BCUT2D eigenvalue weighted by Crippen LogP contribution is 2.17. The standard InChI is InChI=1S/C16H15N3O/c20-16(18-9-7-12-4-3-8-17-10-12)14-11-19-15-6-2-1-5-13(14)15/h1-6,8,10-11,19H,7,9H2,(H,18,20). The first kappa shape index (κ1) is 12.4. The van der Waals surface area contributed by atoms with Gasteiger partial charge in [0.15, 0.2) is 0 Å². The number of hydrogen-bond acceptors (Lipinski definition) is 2. The van der Waals surface area contributed by atoms with Crippen LogP contribution in [0, 0.1) is 0 Å². The monoisotopic (exact) mass is 265 g/mol. The summed E-state index contributed by atoms with van der Waals surface area (Å²) in [6.07, 6.45) is 6.10. The van der Waals surface area contributed by atoms with Crippen LogP contribution in [0.1, 0.15) is 15.9 Å². The lowest BCUT2D eigenvalue weighted by molar-refractivity contribution is 0.0956. The third-order valence-corrected chi connectivity index (χ3v) is 3.26. The summed E-state index contributed by atoms with van der Waals surface area (Å²) < 4.78 is 0. The number of carbonyl (C=O) groups is 1. The van der Waals surface area contributed by atoms with E-state index in [1.54, 1.807) is 12.4 Å². The van der Waals surface area contributed by atoms with E-state index in [1.807, 2.05) is 42.6 Å². The van der Waals surface area contributed by atoms with E-state index in [2.05, 4.69) is 15.3 Å². The Hall–Kier alpha value is -2.62. The number of aromatic amines is 1. The average molecular weight is 265 g/mol.